The Hall–Kier alpha value is -3.26. The monoisotopic (exact) mass is 407 g/mol. The second-order valence-corrected chi connectivity index (χ2v) is 7.45. The summed E-state index contributed by atoms with van der Waals surface area (Å²) in [6.45, 7) is 1.80. The van der Waals surface area contributed by atoms with Crippen LogP contribution in [0.2, 0.25) is 0 Å². The second-order valence-electron chi connectivity index (χ2n) is 7.45. The summed E-state index contributed by atoms with van der Waals surface area (Å²) in [5, 5.41) is 4.07. The SMILES string of the molecule is COC1(C(=O)N(C)Cc2cc(-c3ccccn3)no2)CCN(c2ccncc2)CC1. The highest BCUT2D eigenvalue weighted by Gasteiger charge is 2.43. The van der Waals surface area contributed by atoms with Gasteiger partial charge in [0.2, 0.25) is 0 Å². The van der Waals surface area contributed by atoms with Crippen molar-refractivity contribution in [2.45, 2.75) is 25.0 Å². The maximum atomic E-state index is 13.3. The van der Waals surface area contributed by atoms with Gasteiger partial charge >= 0.3 is 0 Å². The van der Waals surface area contributed by atoms with Gasteiger partial charge in [-0.05, 0) is 24.3 Å². The van der Waals surface area contributed by atoms with Crippen molar-refractivity contribution in [3.05, 3.63) is 60.7 Å². The van der Waals surface area contributed by atoms with Gasteiger partial charge in [0.25, 0.3) is 5.91 Å². The van der Waals surface area contributed by atoms with Gasteiger partial charge in [-0.2, -0.15) is 0 Å². The first-order valence-corrected chi connectivity index (χ1v) is 9.94. The molecule has 0 spiro atoms. The van der Waals surface area contributed by atoms with Crippen molar-refractivity contribution in [1.29, 1.82) is 0 Å². The molecule has 30 heavy (non-hydrogen) atoms. The Morgan fingerprint density at radius 1 is 1.17 bits per heavy atom. The minimum Gasteiger partial charge on any atom is -0.371 e. The third kappa shape index (κ3) is 4.04. The van der Waals surface area contributed by atoms with Gasteiger partial charge < -0.3 is 19.1 Å². The molecule has 0 radical (unpaired) electrons. The summed E-state index contributed by atoms with van der Waals surface area (Å²) in [7, 11) is 3.38. The predicted molar refractivity (Wildman–Crippen MR) is 112 cm³/mol. The van der Waals surface area contributed by atoms with Crippen LogP contribution in [0.5, 0.6) is 0 Å². The lowest BCUT2D eigenvalue weighted by Gasteiger charge is -2.42. The van der Waals surface area contributed by atoms with Crippen LogP contribution in [0.3, 0.4) is 0 Å². The topological polar surface area (TPSA) is 84.6 Å². The maximum Gasteiger partial charge on any atom is 0.255 e. The average Bonchev–Trinajstić information content (AvgIpc) is 3.28. The van der Waals surface area contributed by atoms with Gasteiger partial charge in [0.05, 0.1) is 12.2 Å². The predicted octanol–water partition coefficient (Wildman–Crippen LogP) is 2.78. The van der Waals surface area contributed by atoms with Crippen molar-refractivity contribution in [2.75, 3.05) is 32.1 Å². The van der Waals surface area contributed by atoms with Crippen LogP contribution in [0.1, 0.15) is 18.6 Å². The van der Waals surface area contributed by atoms with E-state index in [0.717, 1.165) is 24.5 Å². The molecule has 0 unspecified atom stereocenters. The molecule has 3 aromatic heterocycles. The summed E-state index contributed by atoms with van der Waals surface area (Å²) >= 11 is 0. The highest BCUT2D eigenvalue weighted by atomic mass is 16.5. The number of anilines is 1. The van der Waals surface area contributed by atoms with E-state index >= 15 is 0 Å². The third-order valence-corrected chi connectivity index (χ3v) is 5.61. The molecule has 1 fully saturated rings. The van der Waals surface area contributed by atoms with Gasteiger partial charge in [-0.1, -0.05) is 11.2 Å². The Balaban J connectivity index is 1.41. The molecule has 1 saturated heterocycles. The molecular weight excluding hydrogens is 382 g/mol. The highest BCUT2D eigenvalue weighted by Crippen LogP contribution is 2.31. The van der Waals surface area contributed by atoms with Gasteiger partial charge in [-0.15, -0.1) is 0 Å². The lowest BCUT2D eigenvalue weighted by Crippen LogP contribution is -2.55. The molecule has 1 aliphatic heterocycles. The van der Waals surface area contributed by atoms with Gasteiger partial charge in [0, 0.05) is 70.4 Å². The Kier molecular flexibility index (Phi) is 5.76. The van der Waals surface area contributed by atoms with E-state index in [0.29, 0.717) is 30.8 Å². The standard InChI is InChI=1S/C22H25N5O3/c1-26(16-18-15-20(25-30-18)19-5-3-4-10-24-19)21(28)22(29-2)8-13-27(14-9-22)17-6-11-23-12-7-17/h3-7,10-12,15H,8-9,13-14,16H2,1-2H3. The first-order valence-electron chi connectivity index (χ1n) is 9.94. The molecule has 156 valence electrons. The zero-order valence-corrected chi connectivity index (χ0v) is 17.2. The van der Waals surface area contributed by atoms with Crippen molar-refractivity contribution < 1.29 is 14.1 Å². The number of carbonyl (C=O) groups is 1. The number of piperidine rings is 1. The van der Waals surface area contributed by atoms with E-state index in [2.05, 4.69) is 20.0 Å². The number of ether oxygens (including phenoxy) is 1. The number of pyridine rings is 2. The molecule has 1 amide bonds. The Labute approximate surface area is 175 Å². The molecule has 0 saturated carbocycles. The molecule has 4 rings (SSSR count). The summed E-state index contributed by atoms with van der Waals surface area (Å²) in [6.07, 6.45) is 6.50. The number of carbonyl (C=O) groups excluding carboxylic acids is 1. The number of aromatic nitrogens is 3. The maximum absolute atomic E-state index is 13.3. The molecule has 0 N–H and O–H groups in total. The first-order chi connectivity index (χ1) is 14.6. The molecule has 0 atom stereocenters. The fourth-order valence-electron chi connectivity index (χ4n) is 3.86. The van der Waals surface area contributed by atoms with E-state index in [9.17, 15) is 4.79 Å². The molecular formula is C22H25N5O3. The Morgan fingerprint density at radius 3 is 2.60 bits per heavy atom. The molecule has 4 heterocycles. The van der Waals surface area contributed by atoms with Crippen LogP contribution in [0, 0.1) is 0 Å². The van der Waals surface area contributed by atoms with E-state index in [1.807, 2.05) is 36.4 Å². The number of likely N-dealkylation sites (N-methyl/N-ethyl adjacent to an activating group) is 1. The van der Waals surface area contributed by atoms with E-state index in [4.69, 9.17) is 9.26 Å². The molecule has 0 bridgehead atoms. The molecule has 8 nitrogen and oxygen atoms in total. The van der Waals surface area contributed by atoms with Crippen LogP contribution in [0.4, 0.5) is 5.69 Å². The Morgan fingerprint density at radius 2 is 1.93 bits per heavy atom. The van der Waals surface area contributed by atoms with Crippen molar-refractivity contribution >= 4 is 11.6 Å². The normalized spacial score (nSPS) is 15.7. The van der Waals surface area contributed by atoms with Crippen molar-refractivity contribution in [2.24, 2.45) is 0 Å². The summed E-state index contributed by atoms with van der Waals surface area (Å²) < 4.78 is 11.2. The fraction of sp³-hybridized carbons (Fsp3) is 0.364. The summed E-state index contributed by atoms with van der Waals surface area (Å²) in [4.78, 5) is 25.5. The smallest absolute Gasteiger partial charge is 0.255 e. The molecule has 0 aliphatic carbocycles. The van der Waals surface area contributed by atoms with Crippen molar-refractivity contribution in [3.63, 3.8) is 0 Å². The van der Waals surface area contributed by atoms with E-state index in [1.54, 1.807) is 37.6 Å². The first kappa shape index (κ1) is 20.0. The lowest BCUT2D eigenvalue weighted by atomic mass is 9.89. The van der Waals surface area contributed by atoms with Gasteiger partial charge in [0.1, 0.15) is 11.3 Å². The van der Waals surface area contributed by atoms with Crippen LogP contribution >= 0.6 is 0 Å². The third-order valence-electron chi connectivity index (χ3n) is 5.61. The fourth-order valence-corrected chi connectivity index (χ4v) is 3.86. The van der Waals surface area contributed by atoms with E-state index in [1.165, 1.54) is 0 Å². The number of amides is 1. The molecule has 3 aromatic rings. The van der Waals surface area contributed by atoms with Crippen LogP contribution in [-0.4, -0.2) is 58.8 Å². The van der Waals surface area contributed by atoms with Crippen LogP contribution in [0.15, 0.2) is 59.5 Å². The number of hydrogen-bond donors (Lipinski definition) is 0. The van der Waals surface area contributed by atoms with E-state index in [-0.39, 0.29) is 5.91 Å². The summed E-state index contributed by atoms with van der Waals surface area (Å²) in [5.41, 5.74) is 1.67. The second kappa shape index (κ2) is 8.62. The van der Waals surface area contributed by atoms with Crippen LogP contribution < -0.4 is 4.90 Å². The van der Waals surface area contributed by atoms with Crippen molar-refractivity contribution in [3.8, 4) is 11.4 Å². The summed E-state index contributed by atoms with van der Waals surface area (Å²) in [6, 6.07) is 11.4. The van der Waals surface area contributed by atoms with E-state index < -0.39 is 5.60 Å². The minimum absolute atomic E-state index is 0.0461. The highest BCUT2D eigenvalue weighted by molar-refractivity contribution is 5.85. The van der Waals surface area contributed by atoms with Crippen molar-refractivity contribution in [1.82, 2.24) is 20.0 Å². The lowest BCUT2D eigenvalue weighted by molar-refractivity contribution is -0.157. The largest absolute Gasteiger partial charge is 0.371 e. The molecule has 1 aliphatic rings. The minimum atomic E-state index is -0.831. The average molecular weight is 407 g/mol. The zero-order valence-electron chi connectivity index (χ0n) is 17.2. The van der Waals surface area contributed by atoms with Gasteiger partial charge in [-0.3, -0.25) is 14.8 Å². The van der Waals surface area contributed by atoms with Crippen LogP contribution in [0.25, 0.3) is 11.4 Å². The van der Waals surface area contributed by atoms with Gasteiger partial charge in [-0.25, -0.2) is 0 Å². The van der Waals surface area contributed by atoms with Crippen LogP contribution in [-0.2, 0) is 16.1 Å². The zero-order chi connectivity index (χ0) is 21.0. The Bertz CT molecular complexity index is 969. The number of rotatable bonds is 6. The quantitative estimate of drug-likeness (QED) is 0.621. The number of hydrogen-bond acceptors (Lipinski definition) is 7. The van der Waals surface area contributed by atoms with Gasteiger partial charge in [0.15, 0.2) is 5.76 Å². The molecule has 0 aromatic carbocycles. The molecule has 8 heteroatoms. The number of nitrogens with zero attached hydrogens (tertiary/aromatic N) is 5. The summed E-state index contributed by atoms with van der Waals surface area (Å²) in [5.74, 6) is 0.558. The number of methoxy groups -OCH3 is 1.